The van der Waals surface area contributed by atoms with E-state index in [0.717, 1.165) is 35.5 Å². The fourth-order valence-electron chi connectivity index (χ4n) is 3.69. The summed E-state index contributed by atoms with van der Waals surface area (Å²) in [4.78, 5) is 28.1. The van der Waals surface area contributed by atoms with Gasteiger partial charge in [-0.05, 0) is 41.8 Å². The van der Waals surface area contributed by atoms with E-state index >= 15 is 0 Å². The molecule has 0 aliphatic carbocycles. The molecule has 31 heavy (non-hydrogen) atoms. The lowest BCUT2D eigenvalue weighted by Gasteiger charge is -2.15. The Bertz CT molecular complexity index is 1050. The average Bonchev–Trinajstić information content (AvgIpc) is 3.37. The van der Waals surface area contributed by atoms with Gasteiger partial charge in [-0.2, -0.15) is 5.10 Å². The van der Waals surface area contributed by atoms with Crippen molar-refractivity contribution in [2.24, 2.45) is 0 Å². The maximum atomic E-state index is 12.4. The summed E-state index contributed by atoms with van der Waals surface area (Å²) in [7, 11) is 3.97. The number of nitrogens with one attached hydrogen (secondary N) is 1. The van der Waals surface area contributed by atoms with E-state index in [2.05, 4.69) is 10.4 Å². The lowest BCUT2D eigenvalue weighted by atomic mass is 10.1. The number of anilines is 3. The Hall–Kier alpha value is -3.61. The van der Waals surface area contributed by atoms with Crippen LogP contribution in [0, 0.1) is 0 Å². The molecule has 7 heteroatoms. The third-order valence-electron chi connectivity index (χ3n) is 5.39. The predicted octanol–water partition coefficient (Wildman–Crippen LogP) is 3.31. The Morgan fingerprint density at radius 2 is 1.74 bits per heavy atom. The van der Waals surface area contributed by atoms with Gasteiger partial charge in [0.15, 0.2) is 5.82 Å². The monoisotopic (exact) mass is 417 g/mol. The summed E-state index contributed by atoms with van der Waals surface area (Å²) in [5, 5.41) is 7.31. The molecule has 1 saturated heterocycles. The molecule has 0 bridgehead atoms. The number of carbonyl (C=O) groups is 2. The molecule has 1 fully saturated rings. The first-order valence-corrected chi connectivity index (χ1v) is 10.5. The van der Waals surface area contributed by atoms with Crippen LogP contribution in [-0.4, -0.2) is 42.2 Å². The molecule has 0 spiro atoms. The SMILES string of the molecule is CN(C)c1ccc(CC(=O)Nc2ccn(Cc3ccc(N4CCCC4=O)cc3)n2)cc1. The number of benzene rings is 2. The molecule has 1 aliphatic rings. The highest BCUT2D eigenvalue weighted by atomic mass is 16.2. The highest BCUT2D eigenvalue weighted by Gasteiger charge is 2.21. The Labute approximate surface area is 182 Å². The van der Waals surface area contributed by atoms with Gasteiger partial charge in [-0.3, -0.25) is 14.3 Å². The first-order valence-electron chi connectivity index (χ1n) is 10.5. The first-order chi connectivity index (χ1) is 15.0. The van der Waals surface area contributed by atoms with E-state index in [4.69, 9.17) is 0 Å². The maximum absolute atomic E-state index is 12.4. The largest absolute Gasteiger partial charge is 0.378 e. The number of rotatable bonds is 7. The van der Waals surface area contributed by atoms with Crippen LogP contribution < -0.4 is 15.1 Å². The Morgan fingerprint density at radius 1 is 1.03 bits per heavy atom. The number of amides is 2. The zero-order valence-electron chi connectivity index (χ0n) is 17.9. The highest BCUT2D eigenvalue weighted by molar-refractivity contribution is 5.95. The molecule has 1 aromatic heterocycles. The topological polar surface area (TPSA) is 70.5 Å². The van der Waals surface area contributed by atoms with E-state index in [1.54, 1.807) is 10.7 Å². The third-order valence-corrected chi connectivity index (χ3v) is 5.39. The molecule has 0 radical (unpaired) electrons. The van der Waals surface area contributed by atoms with E-state index in [9.17, 15) is 9.59 Å². The van der Waals surface area contributed by atoms with E-state index in [0.29, 0.717) is 25.2 Å². The van der Waals surface area contributed by atoms with E-state index in [1.165, 1.54) is 0 Å². The predicted molar refractivity (Wildman–Crippen MR) is 122 cm³/mol. The minimum Gasteiger partial charge on any atom is -0.378 e. The van der Waals surface area contributed by atoms with Crippen molar-refractivity contribution in [1.82, 2.24) is 9.78 Å². The summed E-state index contributed by atoms with van der Waals surface area (Å²) in [6.07, 6.45) is 3.70. The molecule has 2 heterocycles. The van der Waals surface area contributed by atoms with Crippen molar-refractivity contribution in [2.75, 3.05) is 35.8 Å². The van der Waals surface area contributed by atoms with Gasteiger partial charge in [0.05, 0.1) is 13.0 Å². The number of hydrogen-bond donors (Lipinski definition) is 1. The minimum absolute atomic E-state index is 0.0949. The molecule has 2 aromatic carbocycles. The molecule has 0 atom stereocenters. The van der Waals surface area contributed by atoms with Crippen molar-refractivity contribution in [2.45, 2.75) is 25.8 Å². The molecule has 3 aromatic rings. The van der Waals surface area contributed by atoms with Crippen molar-refractivity contribution in [3.8, 4) is 0 Å². The Morgan fingerprint density at radius 3 is 2.39 bits per heavy atom. The van der Waals surface area contributed by atoms with Crippen LogP contribution >= 0.6 is 0 Å². The van der Waals surface area contributed by atoms with Gasteiger partial charge in [-0.25, -0.2) is 0 Å². The van der Waals surface area contributed by atoms with Gasteiger partial charge < -0.3 is 15.1 Å². The second-order valence-corrected chi connectivity index (χ2v) is 8.00. The van der Waals surface area contributed by atoms with Crippen LogP contribution in [0.25, 0.3) is 0 Å². The van der Waals surface area contributed by atoms with Gasteiger partial charge >= 0.3 is 0 Å². The number of hydrogen-bond acceptors (Lipinski definition) is 4. The van der Waals surface area contributed by atoms with Crippen LogP contribution in [0.1, 0.15) is 24.0 Å². The number of aromatic nitrogens is 2. The molecule has 0 unspecified atom stereocenters. The molecule has 0 saturated carbocycles. The van der Waals surface area contributed by atoms with Gasteiger partial charge in [0.1, 0.15) is 0 Å². The van der Waals surface area contributed by atoms with Crippen LogP contribution in [-0.2, 0) is 22.6 Å². The van der Waals surface area contributed by atoms with Crippen LogP contribution in [0.15, 0.2) is 60.8 Å². The summed E-state index contributed by atoms with van der Waals surface area (Å²) in [5.74, 6) is 0.630. The van der Waals surface area contributed by atoms with Gasteiger partial charge in [0, 0.05) is 50.7 Å². The minimum atomic E-state index is -0.0949. The number of nitrogens with zero attached hydrogens (tertiary/aromatic N) is 4. The molecule has 4 rings (SSSR count). The van der Waals surface area contributed by atoms with Crippen molar-refractivity contribution in [1.29, 1.82) is 0 Å². The Balaban J connectivity index is 1.31. The lowest BCUT2D eigenvalue weighted by molar-refractivity contribution is -0.117. The summed E-state index contributed by atoms with van der Waals surface area (Å²) < 4.78 is 1.79. The zero-order valence-corrected chi connectivity index (χ0v) is 17.9. The molecular weight excluding hydrogens is 390 g/mol. The lowest BCUT2D eigenvalue weighted by Crippen LogP contribution is -2.23. The molecule has 160 valence electrons. The molecule has 2 amide bonds. The summed E-state index contributed by atoms with van der Waals surface area (Å²) in [6, 6.07) is 17.7. The van der Waals surface area contributed by atoms with E-state index in [-0.39, 0.29) is 11.8 Å². The maximum Gasteiger partial charge on any atom is 0.229 e. The molecular formula is C24H27N5O2. The summed E-state index contributed by atoms with van der Waals surface area (Å²) >= 11 is 0. The highest BCUT2D eigenvalue weighted by Crippen LogP contribution is 2.22. The average molecular weight is 418 g/mol. The second-order valence-electron chi connectivity index (χ2n) is 8.00. The molecule has 1 N–H and O–H groups in total. The van der Waals surface area contributed by atoms with Gasteiger partial charge in [0.25, 0.3) is 0 Å². The van der Waals surface area contributed by atoms with Gasteiger partial charge in [0.2, 0.25) is 11.8 Å². The van der Waals surface area contributed by atoms with E-state index < -0.39 is 0 Å². The van der Waals surface area contributed by atoms with Crippen LogP contribution in [0.3, 0.4) is 0 Å². The smallest absolute Gasteiger partial charge is 0.229 e. The summed E-state index contributed by atoms with van der Waals surface area (Å²) in [5.41, 5.74) is 4.08. The van der Waals surface area contributed by atoms with Crippen LogP contribution in [0.4, 0.5) is 17.2 Å². The standard InChI is InChI=1S/C24H27N5O2/c1-27(2)20-9-5-18(6-10-20)16-23(30)25-22-13-15-28(26-22)17-19-7-11-21(12-8-19)29-14-3-4-24(29)31/h5-13,15H,3-4,14,16-17H2,1-2H3,(H,25,26,30). The van der Waals surface area contributed by atoms with Crippen LogP contribution in [0.2, 0.25) is 0 Å². The van der Waals surface area contributed by atoms with Crippen molar-refractivity contribution in [3.05, 3.63) is 71.9 Å². The molecule has 1 aliphatic heterocycles. The van der Waals surface area contributed by atoms with Crippen molar-refractivity contribution < 1.29 is 9.59 Å². The summed E-state index contributed by atoms with van der Waals surface area (Å²) in [6.45, 7) is 1.39. The quantitative estimate of drug-likeness (QED) is 0.640. The van der Waals surface area contributed by atoms with Crippen molar-refractivity contribution >= 4 is 29.0 Å². The van der Waals surface area contributed by atoms with Crippen molar-refractivity contribution in [3.63, 3.8) is 0 Å². The fraction of sp³-hybridized carbons (Fsp3) is 0.292. The van der Waals surface area contributed by atoms with E-state index in [1.807, 2.05) is 78.6 Å². The Kier molecular flexibility index (Phi) is 6.02. The zero-order chi connectivity index (χ0) is 21.8. The van der Waals surface area contributed by atoms with Crippen LogP contribution in [0.5, 0.6) is 0 Å². The first kappa shape index (κ1) is 20.7. The van der Waals surface area contributed by atoms with Gasteiger partial charge in [-0.1, -0.05) is 24.3 Å². The third kappa shape index (κ3) is 5.12. The van der Waals surface area contributed by atoms with Gasteiger partial charge in [-0.15, -0.1) is 0 Å². The molecule has 7 nitrogen and oxygen atoms in total. The second kappa shape index (κ2) is 9.04. The normalized spacial score (nSPS) is 13.5. The number of carbonyl (C=O) groups excluding carboxylic acids is 2. The fourth-order valence-corrected chi connectivity index (χ4v) is 3.69.